The molecule has 0 aliphatic carbocycles. The van der Waals surface area contributed by atoms with Gasteiger partial charge in [-0.05, 0) is 36.3 Å². The summed E-state index contributed by atoms with van der Waals surface area (Å²) < 4.78 is 0. The zero-order chi connectivity index (χ0) is 10.7. The molecule has 2 atom stereocenters. The van der Waals surface area contributed by atoms with Crippen molar-refractivity contribution in [3.8, 4) is 0 Å². The minimum Gasteiger partial charge on any atom is -0.396 e. The highest BCUT2D eigenvalue weighted by Crippen LogP contribution is 2.41. The molecule has 1 heterocycles. The van der Waals surface area contributed by atoms with Crippen LogP contribution in [0.1, 0.15) is 31.2 Å². The summed E-state index contributed by atoms with van der Waals surface area (Å²) in [5, 5.41) is 9.00. The molecule has 82 valence electrons. The lowest BCUT2D eigenvalue weighted by Crippen LogP contribution is -2.04. The average molecular weight is 222 g/mol. The second-order valence-electron chi connectivity index (χ2n) is 4.41. The lowest BCUT2D eigenvalue weighted by molar-refractivity contribution is 0.226. The van der Waals surface area contributed by atoms with Crippen molar-refractivity contribution in [2.45, 2.75) is 30.6 Å². The molecular weight excluding hydrogens is 204 g/mol. The van der Waals surface area contributed by atoms with Crippen LogP contribution in [-0.2, 0) is 0 Å². The van der Waals surface area contributed by atoms with Gasteiger partial charge in [0.05, 0.1) is 0 Å². The molecule has 2 rings (SSSR count). The molecule has 0 fully saturated rings. The standard InChI is InChI=1S/C13H18OS/c1-10(8-14)6-7-11-9-15-13-5-3-2-4-12(11)13/h2-5,10-11,14H,6-9H2,1H3. The summed E-state index contributed by atoms with van der Waals surface area (Å²) in [5.74, 6) is 2.38. The van der Waals surface area contributed by atoms with Crippen molar-refractivity contribution in [2.75, 3.05) is 12.4 Å². The van der Waals surface area contributed by atoms with Crippen molar-refractivity contribution in [2.24, 2.45) is 5.92 Å². The molecule has 1 aromatic carbocycles. The molecule has 1 N–H and O–H groups in total. The largest absolute Gasteiger partial charge is 0.396 e. The smallest absolute Gasteiger partial charge is 0.0456 e. The van der Waals surface area contributed by atoms with Crippen LogP contribution in [0.3, 0.4) is 0 Å². The average Bonchev–Trinajstić information content (AvgIpc) is 2.69. The first-order valence-electron chi connectivity index (χ1n) is 5.64. The topological polar surface area (TPSA) is 20.2 Å². The number of thioether (sulfide) groups is 1. The van der Waals surface area contributed by atoms with E-state index in [2.05, 4.69) is 31.2 Å². The summed E-state index contributed by atoms with van der Waals surface area (Å²) in [6, 6.07) is 8.72. The molecular formula is C13H18OS. The van der Waals surface area contributed by atoms with Crippen molar-refractivity contribution >= 4 is 11.8 Å². The number of rotatable bonds is 4. The molecule has 0 spiro atoms. The fourth-order valence-electron chi connectivity index (χ4n) is 2.05. The first kappa shape index (κ1) is 11.0. The van der Waals surface area contributed by atoms with E-state index in [-0.39, 0.29) is 0 Å². The van der Waals surface area contributed by atoms with E-state index >= 15 is 0 Å². The summed E-state index contributed by atoms with van der Waals surface area (Å²) in [6.45, 7) is 2.44. The van der Waals surface area contributed by atoms with Crippen LogP contribution in [0, 0.1) is 5.92 Å². The van der Waals surface area contributed by atoms with Crippen LogP contribution in [0.4, 0.5) is 0 Å². The lowest BCUT2D eigenvalue weighted by Gasteiger charge is -2.13. The third kappa shape index (κ3) is 2.56. The summed E-state index contributed by atoms with van der Waals surface area (Å²) in [7, 11) is 0. The molecule has 1 nitrogen and oxygen atoms in total. The number of aliphatic hydroxyl groups is 1. The van der Waals surface area contributed by atoms with Gasteiger partial charge in [0.1, 0.15) is 0 Å². The number of hydrogen-bond donors (Lipinski definition) is 1. The van der Waals surface area contributed by atoms with Gasteiger partial charge in [-0.1, -0.05) is 25.1 Å². The van der Waals surface area contributed by atoms with Crippen molar-refractivity contribution in [1.29, 1.82) is 0 Å². The molecule has 0 bridgehead atoms. The highest BCUT2D eigenvalue weighted by Gasteiger charge is 2.22. The van der Waals surface area contributed by atoms with Crippen LogP contribution in [0.2, 0.25) is 0 Å². The Bertz CT molecular complexity index is 324. The minimum atomic E-state index is 0.321. The molecule has 1 aromatic rings. The first-order chi connectivity index (χ1) is 7.31. The fraction of sp³-hybridized carbons (Fsp3) is 0.538. The third-order valence-electron chi connectivity index (χ3n) is 3.12. The van der Waals surface area contributed by atoms with Gasteiger partial charge in [-0.2, -0.15) is 0 Å². The summed E-state index contributed by atoms with van der Waals surface area (Å²) in [4.78, 5) is 1.46. The van der Waals surface area contributed by atoms with E-state index in [0.29, 0.717) is 18.4 Å². The highest BCUT2D eigenvalue weighted by molar-refractivity contribution is 7.99. The van der Waals surface area contributed by atoms with Crippen LogP contribution < -0.4 is 0 Å². The maximum absolute atomic E-state index is 9.00. The highest BCUT2D eigenvalue weighted by atomic mass is 32.2. The van der Waals surface area contributed by atoms with Gasteiger partial charge in [-0.3, -0.25) is 0 Å². The maximum atomic E-state index is 9.00. The van der Waals surface area contributed by atoms with E-state index in [9.17, 15) is 0 Å². The molecule has 15 heavy (non-hydrogen) atoms. The Morgan fingerprint density at radius 3 is 3.07 bits per heavy atom. The molecule has 2 heteroatoms. The summed E-state index contributed by atoms with van der Waals surface area (Å²) in [6.07, 6.45) is 2.35. The molecule has 1 aliphatic rings. The van der Waals surface area contributed by atoms with E-state index in [0.717, 1.165) is 6.42 Å². The van der Waals surface area contributed by atoms with Crippen molar-refractivity contribution in [3.05, 3.63) is 29.8 Å². The quantitative estimate of drug-likeness (QED) is 0.843. The number of aliphatic hydroxyl groups excluding tert-OH is 1. The Morgan fingerprint density at radius 2 is 2.27 bits per heavy atom. The van der Waals surface area contributed by atoms with Gasteiger partial charge in [0, 0.05) is 17.3 Å². The predicted octanol–water partition coefficient (Wildman–Crippen LogP) is 3.28. The number of benzene rings is 1. The van der Waals surface area contributed by atoms with Gasteiger partial charge in [0.25, 0.3) is 0 Å². The fourth-order valence-corrected chi connectivity index (χ4v) is 3.35. The molecule has 0 saturated carbocycles. The van der Waals surface area contributed by atoms with Crippen LogP contribution in [0.15, 0.2) is 29.2 Å². The zero-order valence-corrected chi connectivity index (χ0v) is 9.96. The SMILES string of the molecule is CC(CO)CCC1CSc2ccccc21. The van der Waals surface area contributed by atoms with Crippen molar-refractivity contribution < 1.29 is 5.11 Å². The van der Waals surface area contributed by atoms with E-state index in [4.69, 9.17) is 5.11 Å². The summed E-state index contributed by atoms with van der Waals surface area (Å²) in [5.41, 5.74) is 1.52. The molecule has 0 saturated heterocycles. The Labute approximate surface area is 95.9 Å². The van der Waals surface area contributed by atoms with Crippen LogP contribution in [0.25, 0.3) is 0 Å². The van der Waals surface area contributed by atoms with E-state index in [1.54, 1.807) is 0 Å². The van der Waals surface area contributed by atoms with Gasteiger partial charge >= 0.3 is 0 Å². The molecule has 0 radical (unpaired) electrons. The van der Waals surface area contributed by atoms with Crippen LogP contribution in [0.5, 0.6) is 0 Å². The van der Waals surface area contributed by atoms with Gasteiger partial charge in [-0.25, -0.2) is 0 Å². The van der Waals surface area contributed by atoms with Crippen LogP contribution in [-0.4, -0.2) is 17.5 Å². The van der Waals surface area contributed by atoms with E-state index in [1.807, 2.05) is 11.8 Å². The van der Waals surface area contributed by atoms with Crippen molar-refractivity contribution in [3.63, 3.8) is 0 Å². The molecule has 1 aliphatic heterocycles. The van der Waals surface area contributed by atoms with Gasteiger partial charge in [-0.15, -0.1) is 11.8 Å². The second kappa shape index (κ2) is 5.04. The van der Waals surface area contributed by atoms with Crippen molar-refractivity contribution in [1.82, 2.24) is 0 Å². The zero-order valence-electron chi connectivity index (χ0n) is 9.15. The number of hydrogen-bond acceptors (Lipinski definition) is 2. The molecule has 0 aromatic heterocycles. The molecule has 2 unspecified atom stereocenters. The third-order valence-corrected chi connectivity index (χ3v) is 4.37. The van der Waals surface area contributed by atoms with Crippen LogP contribution >= 0.6 is 11.8 Å². The monoisotopic (exact) mass is 222 g/mol. The summed E-state index contributed by atoms with van der Waals surface area (Å²) >= 11 is 1.97. The second-order valence-corrected chi connectivity index (χ2v) is 5.47. The minimum absolute atomic E-state index is 0.321. The number of fused-ring (bicyclic) bond motifs is 1. The van der Waals surface area contributed by atoms with Gasteiger partial charge in [0.15, 0.2) is 0 Å². The maximum Gasteiger partial charge on any atom is 0.0456 e. The molecule has 0 amide bonds. The Hall–Kier alpha value is -0.470. The normalized spacial score (nSPS) is 21.3. The Morgan fingerprint density at radius 1 is 1.47 bits per heavy atom. The van der Waals surface area contributed by atoms with Gasteiger partial charge in [0.2, 0.25) is 0 Å². The first-order valence-corrected chi connectivity index (χ1v) is 6.62. The Balaban J connectivity index is 1.96. The predicted molar refractivity (Wildman–Crippen MR) is 65.4 cm³/mol. The van der Waals surface area contributed by atoms with Gasteiger partial charge < -0.3 is 5.11 Å². The van der Waals surface area contributed by atoms with E-state index < -0.39 is 0 Å². The lowest BCUT2D eigenvalue weighted by atomic mass is 9.93. The van der Waals surface area contributed by atoms with E-state index in [1.165, 1.54) is 22.6 Å². The Kier molecular flexibility index (Phi) is 3.71.